The number of hydrogen-bond acceptors (Lipinski definition) is 2. The van der Waals surface area contributed by atoms with Crippen LogP contribution in [0.1, 0.15) is 146 Å². The van der Waals surface area contributed by atoms with Crippen LogP contribution in [0.5, 0.6) is 11.5 Å². The van der Waals surface area contributed by atoms with Gasteiger partial charge >= 0.3 is 0 Å². The Balaban J connectivity index is 0.807. The molecule has 3 atom stereocenters. The van der Waals surface area contributed by atoms with E-state index in [0.717, 1.165) is 47.8 Å². The van der Waals surface area contributed by atoms with Gasteiger partial charge in [0, 0.05) is 22.5 Å². The summed E-state index contributed by atoms with van der Waals surface area (Å²) in [5.74, 6) is 2.54. The summed E-state index contributed by atoms with van der Waals surface area (Å²) in [5.41, 5.74) is 27.7. The second-order valence-corrected chi connectivity index (χ2v) is 25.2. The number of fused-ring (bicyclic) bond motifs is 7. The first-order valence-electron chi connectivity index (χ1n) is 31.8. The predicted octanol–water partition coefficient (Wildman–Crippen LogP) is 22.9. The molecule has 0 saturated heterocycles. The van der Waals surface area contributed by atoms with Gasteiger partial charge in [-0.1, -0.05) is 248 Å². The molecule has 0 spiro atoms. The largest absolute Gasteiger partial charge is 0.457 e. The minimum atomic E-state index is -0.635. The summed E-state index contributed by atoms with van der Waals surface area (Å²) < 4.78 is 6.76. The van der Waals surface area contributed by atoms with Crippen LogP contribution in [0.15, 0.2) is 255 Å². The Morgan fingerprint density at radius 1 is 0.419 bits per heavy atom. The van der Waals surface area contributed by atoms with Crippen LogP contribution in [0.3, 0.4) is 0 Å². The molecule has 0 N–H and O–H groups in total. The van der Waals surface area contributed by atoms with E-state index >= 15 is 0 Å². The SMILES string of the molecule is CCCCCCc1ccc(C2(c3ccc(Oc4ccc(C(C)CC(CC)c5ccc(-c6ccc7c(c6)CC7)cc5)cc4)cc3)c3ccccc3-c3ccc(N(c4ccc(-c5ccccc5)cc4)c4ccc5c(c4)C(C)(C)c4ccccc4-5)cc32)cc1. The van der Waals surface area contributed by atoms with Crippen LogP contribution < -0.4 is 9.64 Å². The summed E-state index contributed by atoms with van der Waals surface area (Å²) in [5, 5.41) is 0. The number of hydrogen-bond donors (Lipinski definition) is 0. The average Bonchev–Trinajstić information content (AvgIpc) is 1.61. The second-order valence-electron chi connectivity index (χ2n) is 25.2. The standard InChI is InChI=1S/C84H77NO/c1-6-8-9-11-18-58-25-39-68(40-26-58)84(69-41-49-74(50-42-69)86-73-47-37-60(38-48-73)57(3)53-59(7-2)62-27-29-64(30-28-62)66-33-31-65-32-34-67(65)54-66)80-24-17-15-22-76(80)78-52-46-72(56-82(78)84)85(70-43-35-63(36-44-70)61-19-12-10-13-20-61)71-45-51-77-75-21-14-16-23-79(75)83(4,5)81(77)55-71/h10,12-17,19-31,33,35-52,54-57,59H,6-9,11,18,32,34,53H2,1-5H3. The van der Waals surface area contributed by atoms with Gasteiger partial charge in [0.05, 0.1) is 5.41 Å². The molecule has 2 heteroatoms. The van der Waals surface area contributed by atoms with E-state index in [1.54, 1.807) is 0 Å². The average molecular weight is 1120 g/mol. The van der Waals surface area contributed by atoms with Crippen molar-refractivity contribution in [1.82, 2.24) is 0 Å². The maximum atomic E-state index is 6.76. The van der Waals surface area contributed by atoms with Gasteiger partial charge in [0.25, 0.3) is 0 Å². The number of rotatable bonds is 19. The quantitative estimate of drug-likeness (QED) is 0.0748. The fourth-order valence-electron chi connectivity index (χ4n) is 14.8. The fourth-order valence-corrected chi connectivity index (χ4v) is 14.8. The monoisotopic (exact) mass is 1120 g/mol. The molecule has 86 heavy (non-hydrogen) atoms. The van der Waals surface area contributed by atoms with Crippen molar-refractivity contribution in [2.45, 2.75) is 115 Å². The molecule has 0 aromatic heterocycles. The van der Waals surface area contributed by atoms with Crippen molar-refractivity contribution in [2.75, 3.05) is 4.90 Å². The van der Waals surface area contributed by atoms with Crippen molar-refractivity contribution >= 4 is 17.1 Å². The minimum Gasteiger partial charge on any atom is -0.457 e. The van der Waals surface area contributed by atoms with E-state index in [-0.39, 0.29) is 5.41 Å². The molecule has 0 aliphatic heterocycles. The van der Waals surface area contributed by atoms with E-state index in [1.165, 1.54) is 144 Å². The second kappa shape index (κ2) is 23.1. The molecule has 3 aliphatic rings. The number of benzene rings is 11. The lowest BCUT2D eigenvalue weighted by Crippen LogP contribution is -2.29. The summed E-state index contributed by atoms with van der Waals surface area (Å²) in [4.78, 5) is 2.49. The van der Waals surface area contributed by atoms with Gasteiger partial charge in [0.2, 0.25) is 0 Å². The molecule has 0 heterocycles. The topological polar surface area (TPSA) is 12.5 Å². The normalized spacial score (nSPS) is 15.5. The number of anilines is 3. The van der Waals surface area contributed by atoms with Crippen molar-refractivity contribution < 1.29 is 4.74 Å². The first kappa shape index (κ1) is 54.9. The molecule has 11 aromatic carbocycles. The summed E-state index contributed by atoms with van der Waals surface area (Å²) in [6, 6.07) is 96.2. The molecular weight excluding hydrogens is 1040 g/mol. The highest BCUT2D eigenvalue weighted by Gasteiger charge is 2.47. The van der Waals surface area contributed by atoms with Crippen molar-refractivity contribution in [3.63, 3.8) is 0 Å². The Morgan fingerprint density at radius 2 is 0.942 bits per heavy atom. The van der Waals surface area contributed by atoms with Crippen molar-refractivity contribution in [1.29, 1.82) is 0 Å². The number of ether oxygens (including phenoxy) is 1. The van der Waals surface area contributed by atoms with Crippen LogP contribution in [0.25, 0.3) is 44.5 Å². The molecule has 3 aliphatic carbocycles. The van der Waals surface area contributed by atoms with Crippen molar-refractivity contribution in [2.24, 2.45) is 0 Å². The van der Waals surface area contributed by atoms with E-state index in [4.69, 9.17) is 4.74 Å². The number of nitrogens with zero attached hydrogens (tertiary/aromatic N) is 1. The Labute approximate surface area is 510 Å². The van der Waals surface area contributed by atoms with E-state index in [2.05, 4.69) is 294 Å². The smallest absolute Gasteiger partial charge is 0.127 e. The Morgan fingerprint density at radius 3 is 1.59 bits per heavy atom. The van der Waals surface area contributed by atoms with Gasteiger partial charge < -0.3 is 9.64 Å². The third-order valence-electron chi connectivity index (χ3n) is 19.7. The van der Waals surface area contributed by atoms with Gasteiger partial charge in [-0.05, 0) is 217 Å². The zero-order valence-electron chi connectivity index (χ0n) is 50.6. The highest BCUT2D eigenvalue weighted by Crippen LogP contribution is 2.58. The zero-order chi connectivity index (χ0) is 58.4. The Hall–Kier alpha value is -8.98. The summed E-state index contributed by atoms with van der Waals surface area (Å²) in [7, 11) is 0. The molecule has 0 saturated carbocycles. The van der Waals surface area contributed by atoms with Gasteiger partial charge in [0.1, 0.15) is 11.5 Å². The zero-order valence-corrected chi connectivity index (χ0v) is 50.6. The Bertz CT molecular complexity index is 4210. The summed E-state index contributed by atoms with van der Waals surface area (Å²) in [6.07, 6.45) is 10.7. The molecule has 2 nitrogen and oxygen atoms in total. The molecule has 14 rings (SSSR count). The number of unbranched alkanes of at least 4 members (excludes halogenated alkanes) is 3. The van der Waals surface area contributed by atoms with Crippen LogP contribution in [-0.4, -0.2) is 0 Å². The fraction of sp³-hybridized carbons (Fsp3) is 0.214. The number of aryl methyl sites for hydroxylation is 3. The van der Waals surface area contributed by atoms with E-state index in [1.807, 2.05) is 0 Å². The molecule has 0 fully saturated rings. The maximum absolute atomic E-state index is 6.76. The lowest BCUT2D eigenvalue weighted by atomic mass is 9.67. The van der Waals surface area contributed by atoms with Crippen molar-refractivity contribution in [3.05, 3.63) is 316 Å². The first-order valence-corrected chi connectivity index (χ1v) is 31.8. The highest BCUT2D eigenvalue weighted by molar-refractivity contribution is 5.91. The molecule has 0 bridgehead atoms. The molecule has 424 valence electrons. The van der Waals surface area contributed by atoms with Gasteiger partial charge in [-0.25, -0.2) is 0 Å². The van der Waals surface area contributed by atoms with Gasteiger partial charge in [-0.2, -0.15) is 0 Å². The lowest BCUT2D eigenvalue weighted by molar-refractivity contribution is 0.481. The molecule has 11 aromatic rings. The van der Waals surface area contributed by atoms with Crippen LogP contribution in [0, 0.1) is 0 Å². The van der Waals surface area contributed by atoms with E-state index in [0.29, 0.717) is 11.8 Å². The molecule has 0 amide bonds. The third kappa shape index (κ3) is 9.97. The third-order valence-corrected chi connectivity index (χ3v) is 19.7. The van der Waals surface area contributed by atoms with Crippen LogP contribution >= 0.6 is 0 Å². The maximum Gasteiger partial charge on any atom is 0.127 e. The molecule has 0 radical (unpaired) electrons. The van der Waals surface area contributed by atoms with E-state index < -0.39 is 5.41 Å². The minimum absolute atomic E-state index is 0.157. The first-order chi connectivity index (χ1) is 42.2. The van der Waals surface area contributed by atoms with Gasteiger partial charge in [0.15, 0.2) is 0 Å². The highest BCUT2D eigenvalue weighted by atomic mass is 16.5. The Kier molecular flexibility index (Phi) is 14.8. The van der Waals surface area contributed by atoms with E-state index in [9.17, 15) is 0 Å². The van der Waals surface area contributed by atoms with Crippen LogP contribution in [0.2, 0.25) is 0 Å². The van der Waals surface area contributed by atoms with Gasteiger partial charge in [-0.3, -0.25) is 0 Å². The molecule has 3 unspecified atom stereocenters. The summed E-state index contributed by atoms with van der Waals surface area (Å²) in [6.45, 7) is 11.8. The van der Waals surface area contributed by atoms with Crippen molar-refractivity contribution in [3.8, 4) is 56.0 Å². The van der Waals surface area contributed by atoms with Gasteiger partial charge in [-0.15, -0.1) is 0 Å². The molecular formula is C84H77NO. The predicted molar refractivity (Wildman–Crippen MR) is 361 cm³/mol. The van der Waals surface area contributed by atoms with Crippen LogP contribution in [0.4, 0.5) is 17.1 Å². The van der Waals surface area contributed by atoms with Crippen LogP contribution in [-0.2, 0) is 30.1 Å². The lowest BCUT2D eigenvalue weighted by Gasteiger charge is -2.35. The summed E-state index contributed by atoms with van der Waals surface area (Å²) >= 11 is 0.